The monoisotopic (exact) mass is 461 g/mol. The van der Waals surface area contributed by atoms with E-state index in [0.29, 0.717) is 24.8 Å². The van der Waals surface area contributed by atoms with E-state index in [1.165, 1.54) is 0 Å². The molecule has 0 aliphatic heterocycles. The topological polar surface area (TPSA) is 108 Å². The van der Waals surface area contributed by atoms with E-state index in [1.807, 2.05) is 35.9 Å². The maximum absolute atomic E-state index is 13.1. The van der Waals surface area contributed by atoms with Crippen molar-refractivity contribution in [1.29, 1.82) is 0 Å². The largest absolute Gasteiger partial charge is 0.480 e. The number of pyridine rings is 1. The van der Waals surface area contributed by atoms with Crippen LogP contribution in [0.2, 0.25) is 0 Å². The normalized spacial score (nSPS) is 17.0. The molecule has 1 aliphatic carbocycles. The number of carbonyl (C=O) groups is 3. The molecule has 1 unspecified atom stereocenters. The SMILES string of the molecule is CC[C@H](S)C(=O)NC1(C(=O)NC(Cc2ccc(-c3ccsc3)nc2)C(=O)O)CCCC1. The van der Waals surface area contributed by atoms with Crippen molar-refractivity contribution in [2.75, 3.05) is 0 Å². The van der Waals surface area contributed by atoms with Crippen molar-refractivity contribution >= 4 is 41.7 Å². The van der Waals surface area contributed by atoms with E-state index in [0.717, 1.165) is 24.1 Å². The highest BCUT2D eigenvalue weighted by molar-refractivity contribution is 7.81. The van der Waals surface area contributed by atoms with Crippen molar-refractivity contribution in [2.24, 2.45) is 0 Å². The fourth-order valence-corrected chi connectivity index (χ4v) is 4.46. The number of carboxylic acids is 1. The van der Waals surface area contributed by atoms with Crippen LogP contribution in [0.4, 0.5) is 0 Å². The molecule has 3 rings (SSSR count). The van der Waals surface area contributed by atoms with Gasteiger partial charge in [0.2, 0.25) is 11.8 Å². The molecular weight excluding hydrogens is 434 g/mol. The van der Waals surface area contributed by atoms with E-state index in [9.17, 15) is 19.5 Å². The van der Waals surface area contributed by atoms with Gasteiger partial charge in [-0.3, -0.25) is 14.6 Å². The number of hydrogen-bond acceptors (Lipinski definition) is 6. The van der Waals surface area contributed by atoms with Gasteiger partial charge in [-0.05, 0) is 42.3 Å². The molecule has 0 aromatic carbocycles. The molecule has 2 aromatic rings. The predicted molar refractivity (Wildman–Crippen MR) is 123 cm³/mol. The summed E-state index contributed by atoms with van der Waals surface area (Å²) in [6, 6.07) is 4.51. The average molecular weight is 462 g/mol. The summed E-state index contributed by atoms with van der Waals surface area (Å²) in [5.74, 6) is -1.89. The molecule has 0 radical (unpaired) electrons. The van der Waals surface area contributed by atoms with Crippen LogP contribution in [0, 0.1) is 0 Å². The average Bonchev–Trinajstić information content (AvgIpc) is 3.46. The molecule has 31 heavy (non-hydrogen) atoms. The van der Waals surface area contributed by atoms with E-state index in [-0.39, 0.29) is 12.3 Å². The molecule has 0 spiro atoms. The highest BCUT2D eigenvalue weighted by Gasteiger charge is 2.44. The molecule has 2 atom stereocenters. The van der Waals surface area contributed by atoms with Gasteiger partial charge in [0.25, 0.3) is 0 Å². The summed E-state index contributed by atoms with van der Waals surface area (Å²) in [6.45, 7) is 1.84. The number of thiol groups is 1. The Hall–Kier alpha value is -2.39. The van der Waals surface area contributed by atoms with Crippen molar-refractivity contribution in [2.45, 2.75) is 62.3 Å². The van der Waals surface area contributed by atoms with Crippen molar-refractivity contribution in [3.05, 3.63) is 40.7 Å². The first-order chi connectivity index (χ1) is 14.8. The van der Waals surface area contributed by atoms with Crippen molar-refractivity contribution in [1.82, 2.24) is 15.6 Å². The van der Waals surface area contributed by atoms with Gasteiger partial charge in [-0.1, -0.05) is 25.8 Å². The lowest BCUT2D eigenvalue weighted by Gasteiger charge is -2.31. The van der Waals surface area contributed by atoms with E-state index in [2.05, 4.69) is 28.2 Å². The lowest BCUT2D eigenvalue weighted by Crippen LogP contribution is -2.61. The number of rotatable bonds is 9. The Labute approximate surface area is 191 Å². The number of carbonyl (C=O) groups excluding carboxylic acids is 2. The molecule has 0 saturated heterocycles. The van der Waals surface area contributed by atoms with Crippen LogP contribution in [0.15, 0.2) is 35.2 Å². The van der Waals surface area contributed by atoms with Crippen molar-refractivity contribution in [3.63, 3.8) is 0 Å². The summed E-state index contributed by atoms with van der Waals surface area (Å²) in [7, 11) is 0. The molecule has 2 amide bonds. The Bertz CT molecular complexity index is 909. The Kier molecular flexibility index (Phi) is 7.72. The molecule has 3 N–H and O–H groups in total. The highest BCUT2D eigenvalue weighted by Crippen LogP contribution is 2.30. The molecular formula is C22H27N3O4S2. The van der Waals surface area contributed by atoms with Gasteiger partial charge in [-0.2, -0.15) is 24.0 Å². The minimum absolute atomic E-state index is 0.103. The molecule has 2 heterocycles. The molecule has 1 fully saturated rings. The van der Waals surface area contributed by atoms with E-state index in [1.54, 1.807) is 17.5 Å². The minimum Gasteiger partial charge on any atom is -0.480 e. The summed E-state index contributed by atoms with van der Waals surface area (Å²) in [4.78, 5) is 41.8. The molecule has 2 aromatic heterocycles. The number of nitrogens with zero attached hydrogens (tertiary/aromatic N) is 1. The lowest BCUT2D eigenvalue weighted by atomic mass is 9.94. The quantitative estimate of drug-likeness (QED) is 0.429. The highest BCUT2D eigenvalue weighted by atomic mass is 32.1. The summed E-state index contributed by atoms with van der Waals surface area (Å²) >= 11 is 5.84. The Morgan fingerprint density at radius 1 is 1.26 bits per heavy atom. The van der Waals surface area contributed by atoms with Crippen molar-refractivity contribution < 1.29 is 19.5 Å². The first-order valence-electron chi connectivity index (χ1n) is 10.4. The third-order valence-electron chi connectivity index (χ3n) is 5.63. The molecule has 166 valence electrons. The fraction of sp³-hybridized carbons (Fsp3) is 0.455. The molecule has 7 nitrogen and oxygen atoms in total. The van der Waals surface area contributed by atoms with E-state index in [4.69, 9.17) is 0 Å². The van der Waals surface area contributed by atoms with Crippen LogP contribution < -0.4 is 10.6 Å². The molecule has 1 saturated carbocycles. The second-order valence-corrected chi connectivity index (χ2v) is 9.24. The van der Waals surface area contributed by atoms with Crippen LogP contribution in [-0.4, -0.2) is 44.7 Å². The number of carboxylic acid groups (broad SMARTS) is 1. The van der Waals surface area contributed by atoms with Crippen molar-refractivity contribution in [3.8, 4) is 11.3 Å². The predicted octanol–water partition coefficient (Wildman–Crippen LogP) is 3.06. The smallest absolute Gasteiger partial charge is 0.326 e. The maximum Gasteiger partial charge on any atom is 0.326 e. The van der Waals surface area contributed by atoms with E-state index < -0.39 is 28.7 Å². The van der Waals surface area contributed by atoms with E-state index >= 15 is 0 Å². The number of amides is 2. The third-order valence-corrected chi connectivity index (χ3v) is 6.91. The Morgan fingerprint density at radius 3 is 2.55 bits per heavy atom. The number of hydrogen-bond donors (Lipinski definition) is 4. The number of thiophene rings is 1. The molecule has 0 bridgehead atoms. The summed E-state index contributed by atoms with van der Waals surface area (Å²) < 4.78 is 0. The minimum atomic E-state index is -1.13. The Morgan fingerprint density at radius 2 is 2.00 bits per heavy atom. The third kappa shape index (κ3) is 5.65. The summed E-state index contributed by atoms with van der Waals surface area (Å²) in [5, 5.41) is 18.6. The van der Waals surface area contributed by atoms with Crippen LogP contribution in [0.25, 0.3) is 11.3 Å². The fourth-order valence-electron chi connectivity index (χ4n) is 3.75. The van der Waals surface area contributed by atoms with Crippen LogP contribution in [-0.2, 0) is 20.8 Å². The van der Waals surface area contributed by atoms with Gasteiger partial charge in [0, 0.05) is 23.6 Å². The zero-order valence-electron chi connectivity index (χ0n) is 17.3. The van der Waals surface area contributed by atoms with Crippen LogP contribution >= 0.6 is 24.0 Å². The summed E-state index contributed by atoms with van der Waals surface area (Å²) in [6.07, 6.45) is 4.83. The van der Waals surface area contributed by atoms with Gasteiger partial charge in [0.05, 0.1) is 10.9 Å². The van der Waals surface area contributed by atoms with Gasteiger partial charge in [0.1, 0.15) is 11.6 Å². The Balaban J connectivity index is 1.70. The summed E-state index contributed by atoms with van der Waals surface area (Å²) in [5.41, 5.74) is 1.44. The number of aliphatic carboxylic acids is 1. The van der Waals surface area contributed by atoms with Gasteiger partial charge in [0.15, 0.2) is 0 Å². The second kappa shape index (κ2) is 10.3. The zero-order chi connectivity index (χ0) is 22.4. The standard InChI is InChI=1S/C22H27N3O4S2/c1-2-18(30)19(26)25-22(8-3-4-9-22)21(29)24-17(20(27)28)11-14-5-6-16(23-12-14)15-7-10-31-13-15/h5-7,10,12-13,17-18,30H,2-4,8-9,11H2,1H3,(H,24,29)(H,25,26)(H,27,28)/t17?,18-/m0/s1. The second-order valence-electron chi connectivity index (χ2n) is 7.83. The van der Waals surface area contributed by atoms with Gasteiger partial charge < -0.3 is 15.7 Å². The van der Waals surface area contributed by atoms with Crippen LogP contribution in [0.1, 0.15) is 44.6 Å². The molecule has 9 heteroatoms. The number of aromatic nitrogens is 1. The lowest BCUT2D eigenvalue weighted by molar-refractivity contribution is -0.143. The maximum atomic E-state index is 13.1. The van der Waals surface area contributed by atoms with Crippen LogP contribution in [0.5, 0.6) is 0 Å². The first kappa shape index (κ1) is 23.3. The van der Waals surface area contributed by atoms with Gasteiger partial charge in [-0.25, -0.2) is 4.79 Å². The van der Waals surface area contributed by atoms with Gasteiger partial charge in [-0.15, -0.1) is 0 Å². The first-order valence-corrected chi connectivity index (χ1v) is 11.8. The van der Waals surface area contributed by atoms with Gasteiger partial charge >= 0.3 is 5.97 Å². The zero-order valence-corrected chi connectivity index (χ0v) is 19.0. The van der Waals surface area contributed by atoms with Crippen LogP contribution in [0.3, 0.4) is 0 Å². The molecule has 1 aliphatic rings. The number of nitrogens with one attached hydrogen (secondary N) is 2.